The minimum absolute atomic E-state index is 0.112. The average Bonchev–Trinajstić information content (AvgIpc) is 2.78. The SMILES string of the molecule is O=C(NO)c1ccc(CSc2nc3ccccc3c(=O)n2-c2ccccc2)cc1. The van der Waals surface area contributed by atoms with Crippen LogP contribution in [0.15, 0.2) is 88.8 Å². The Labute approximate surface area is 170 Å². The van der Waals surface area contributed by atoms with Crippen molar-refractivity contribution in [2.45, 2.75) is 10.9 Å². The Balaban J connectivity index is 1.71. The summed E-state index contributed by atoms with van der Waals surface area (Å²) in [6.45, 7) is 0. The lowest BCUT2D eigenvalue weighted by Gasteiger charge is -2.13. The van der Waals surface area contributed by atoms with Gasteiger partial charge in [0.05, 0.1) is 16.6 Å². The first-order valence-corrected chi connectivity index (χ1v) is 9.89. The van der Waals surface area contributed by atoms with Crippen LogP contribution in [0.25, 0.3) is 16.6 Å². The average molecular weight is 403 g/mol. The Morgan fingerprint density at radius 3 is 2.38 bits per heavy atom. The monoisotopic (exact) mass is 403 g/mol. The highest BCUT2D eigenvalue weighted by Crippen LogP contribution is 2.24. The fourth-order valence-electron chi connectivity index (χ4n) is 2.98. The maximum absolute atomic E-state index is 13.2. The van der Waals surface area contributed by atoms with Crippen LogP contribution in [-0.4, -0.2) is 20.7 Å². The summed E-state index contributed by atoms with van der Waals surface area (Å²) in [6.07, 6.45) is 0. The number of benzene rings is 3. The molecule has 0 spiro atoms. The number of thioether (sulfide) groups is 1. The summed E-state index contributed by atoms with van der Waals surface area (Å²) in [5.74, 6) is 0.0110. The van der Waals surface area contributed by atoms with Crippen molar-refractivity contribution < 1.29 is 10.0 Å². The molecule has 7 heteroatoms. The van der Waals surface area contributed by atoms with Gasteiger partial charge in [-0.25, -0.2) is 10.5 Å². The van der Waals surface area contributed by atoms with Gasteiger partial charge in [-0.05, 0) is 42.0 Å². The quantitative estimate of drug-likeness (QED) is 0.229. The molecular weight excluding hydrogens is 386 g/mol. The van der Waals surface area contributed by atoms with Crippen LogP contribution < -0.4 is 11.0 Å². The summed E-state index contributed by atoms with van der Waals surface area (Å²) in [6, 6.07) is 23.6. The van der Waals surface area contributed by atoms with Crippen molar-refractivity contribution in [3.63, 3.8) is 0 Å². The van der Waals surface area contributed by atoms with Gasteiger partial charge in [0.15, 0.2) is 5.16 Å². The number of aromatic nitrogens is 2. The van der Waals surface area contributed by atoms with E-state index >= 15 is 0 Å². The number of hydrogen-bond acceptors (Lipinski definition) is 5. The van der Waals surface area contributed by atoms with E-state index in [1.165, 1.54) is 11.8 Å². The van der Waals surface area contributed by atoms with Crippen LogP contribution in [-0.2, 0) is 5.75 Å². The molecule has 2 N–H and O–H groups in total. The second-order valence-electron chi connectivity index (χ2n) is 6.31. The number of amides is 1. The number of hydrogen-bond donors (Lipinski definition) is 2. The third-order valence-electron chi connectivity index (χ3n) is 4.44. The summed E-state index contributed by atoms with van der Waals surface area (Å²) >= 11 is 1.45. The van der Waals surface area contributed by atoms with E-state index in [0.717, 1.165) is 11.3 Å². The molecule has 1 amide bonds. The van der Waals surface area contributed by atoms with Gasteiger partial charge in [0.1, 0.15) is 0 Å². The molecule has 0 unspecified atom stereocenters. The highest BCUT2D eigenvalue weighted by atomic mass is 32.2. The zero-order valence-corrected chi connectivity index (χ0v) is 16.1. The Bertz CT molecular complexity index is 1220. The van der Waals surface area contributed by atoms with Gasteiger partial charge < -0.3 is 0 Å². The third kappa shape index (κ3) is 3.91. The number of para-hydroxylation sites is 2. The van der Waals surface area contributed by atoms with Gasteiger partial charge in [-0.2, -0.15) is 0 Å². The predicted molar refractivity (Wildman–Crippen MR) is 113 cm³/mol. The van der Waals surface area contributed by atoms with Gasteiger partial charge in [0, 0.05) is 11.3 Å². The first kappa shape index (κ1) is 18.9. The molecule has 4 rings (SSSR count). The minimum Gasteiger partial charge on any atom is -0.288 e. The molecule has 0 atom stereocenters. The lowest BCUT2D eigenvalue weighted by molar-refractivity contribution is 0.0706. The van der Waals surface area contributed by atoms with Crippen molar-refractivity contribution in [3.05, 3.63) is 100 Å². The summed E-state index contributed by atoms with van der Waals surface area (Å²) in [4.78, 5) is 29.3. The summed E-state index contributed by atoms with van der Waals surface area (Å²) in [7, 11) is 0. The van der Waals surface area contributed by atoms with E-state index in [-0.39, 0.29) is 5.56 Å². The van der Waals surface area contributed by atoms with Crippen LogP contribution in [0.4, 0.5) is 0 Å². The summed E-state index contributed by atoms with van der Waals surface area (Å²) < 4.78 is 1.63. The number of carbonyl (C=O) groups is 1. The summed E-state index contributed by atoms with van der Waals surface area (Å²) in [5, 5.41) is 9.88. The van der Waals surface area contributed by atoms with Crippen molar-refractivity contribution in [1.82, 2.24) is 15.0 Å². The number of nitrogens with one attached hydrogen (secondary N) is 1. The molecule has 4 aromatic rings. The highest BCUT2D eigenvalue weighted by molar-refractivity contribution is 7.98. The maximum atomic E-state index is 13.2. The van der Waals surface area contributed by atoms with Gasteiger partial charge >= 0.3 is 0 Å². The van der Waals surface area contributed by atoms with Gasteiger partial charge in [-0.3, -0.25) is 19.4 Å². The van der Waals surface area contributed by atoms with Crippen LogP contribution >= 0.6 is 11.8 Å². The van der Waals surface area contributed by atoms with Crippen molar-refractivity contribution in [2.75, 3.05) is 0 Å². The van der Waals surface area contributed by atoms with Crippen LogP contribution in [0.5, 0.6) is 0 Å². The number of nitrogens with zero attached hydrogens (tertiary/aromatic N) is 2. The number of rotatable bonds is 5. The molecule has 0 fully saturated rings. The number of fused-ring (bicyclic) bond motifs is 1. The first-order valence-electron chi connectivity index (χ1n) is 8.91. The van der Waals surface area contributed by atoms with Gasteiger partial charge in [0.25, 0.3) is 11.5 Å². The molecule has 144 valence electrons. The molecule has 0 aliphatic carbocycles. The second kappa shape index (κ2) is 8.30. The Morgan fingerprint density at radius 2 is 1.66 bits per heavy atom. The van der Waals surface area contributed by atoms with E-state index in [9.17, 15) is 9.59 Å². The number of hydroxylamine groups is 1. The van der Waals surface area contributed by atoms with Crippen molar-refractivity contribution in [3.8, 4) is 5.69 Å². The van der Waals surface area contributed by atoms with Crippen LogP contribution in [0.2, 0.25) is 0 Å². The Morgan fingerprint density at radius 1 is 0.966 bits per heavy atom. The molecule has 6 nitrogen and oxygen atoms in total. The lowest BCUT2D eigenvalue weighted by Crippen LogP contribution is -2.21. The number of carbonyl (C=O) groups excluding carboxylic acids is 1. The molecule has 1 heterocycles. The zero-order chi connectivity index (χ0) is 20.2. The van der Waals surface area contributed by atoms with E-state index in [1.807, 2.05) is 60.7 Å². The Kier molecular flexibility index (Phi) is 5.41. The molecular formula is C22H17N3O3S. The van der Waals surface area contributed by atoms with E-state index in [1.54, 1.807) is 28.2 Å². The minimum atomic E-state index is -0.557. The first-order chi connectivity index (χ1) is 14.2. The molecule has 0 radical (unpaired) electrons. The predicted octanol–water partition coefficient (Wildman–Crippen LogP) is 3.80. The molecule has 3 aromatic carbocycles. The molecule has 29 heavy (non-hydrogen) atoms. The van der Waals surface area contributed by atoms with E-state index in [2.05, 4.69) is 0 Å². The van der Waals surface area contributed by atoms with Gasteiger partial charge in [-0.1, -0.05) is 54.2 Å². The zero-order valence-electron chi connectivity index (χ0n) is 15.3. The van der Waals surface area contributed by atoms with E-state index in [4.69, 9.17) is 10.2 Å². The van der Waals surface area contributed by atoms with Crippen LogP contribution in [0.3, 0.4) is 0 Å². The Hall–Kier alpha value is -3.42. The standard InChI is InChI=1S/C22H17N3O3S/c26-20(24-28)16-12-10-15(11-13-16)14-29-22-23-19-9-5-4-8-18(19)21(27)25(22)17-6-2-1-3-7-17/h1-13,28H,14H2,(H,24,26). The van der Waals surface area contributed by atoms with Gasteiger partial charge in [-0.15, -0.1) is 0 Å². The smallest absolute Gasteiger partial charge is 0.274 e. The van der Waals surface area contributed by atoms with Crippen molar-refractivity contribution >= 4 is 28.6 Å². The summed E-state index contributed by atoms with van der Waals surface area (Å²) in [5.41, 5.74) is 4.25. The molecule has 0 saturated heterocycles. The molecule has 0 saturated carbocycles. The lowest BCUT2D eigenvalue weighted by atomic mass is 10.1. The fourth-order valence-corrected chi connectivity index (χ4v) is 3.95. The van der Waals surface area contributed by atoms with Crippen molar-refractivity contribution in [1.29, 1.82) is 0 Å². The third-order valence-corrected chi connectivity index (χ3v) is 5.45. The van der Waals surface area contributed by atoms with Crippen LogP contribution in [0.1, 0.15) is 15.9 Å². The largest absolute Gasteiger partial charge is 0.288 e. The highest BCUT2D eigenvalue weighted by Gasteiger charge is 2.13. The van der Waals surface area contributed by atoms with Crippen molar-refractivity contribution in [2.24, 2.45) is 0 Å². The molecule has 0 bridgehead atoms. The van der Waals surface area contributed by atoms with E-state index in [0.29, 0.717) is 27.4 Å². The van der Waals surface area contributed by atoms with Gasteiger partial charge in [0.2, 0.25) is 0 Å². The second-order valence-corrected chi connectivity index (χ2v) is 7.26. The fraction of sp³-hybridized carbons (Fsp3) is 0.0455. The maximum Gasteiger partial charge on any atom is 0.274 e. The topological polar surface area (TPSA) is 84.2 Å². The van der Waals surface area contributed by atoms with Crippen LogP contribution in [0, 0.1) is 0 Å². The molecule has 0 aliphatic heterocycles. The molecule has 1 aromatic heterocycles. The van der Waals surface area contributed by atoms with E-state index < -0.39 is 5.91 Å². The molecule has 0 aliphatic rings. The normalized spacial score (nSPS) is 10.8.